The third kappa shape index (κ3) is 4.44. The van der Waals surface area contributed by atoms with E-state index >= 15 is 0 Å². The molecule has 0 unspecified atom stereocenters. The van der Waals surface area contributed by atoms with Crippen molar-refractivity contribution in [3.05, 3.63) is 75.8 Å². The van der Waals surface area contributed by atoms with Gasteiger partial charge < -0.3 is 0 Å². The molecule has 0 aromatic heterocycles. The van der Waals surface area contributed by atoms with Gasteiger partial charge in [0.2, 0.25) is 0 Å². The fourth-order valence-corrected chi connectivity index (χ4v) is 5.13. The van der Waals surface area contributed by atoms with Crippen LogP contribution in [-0.4, -0.2) is 0 Å². The maximum absolute atomic E-state index is 14.1. The van der Waals surface area contributed by atoms with Gasteiger partial charge in [0.15, 0.2) is 4.90 Å². The minimum Gasteiger partial charge on any atom is -0.205 e. The lowest BCUT2D eigenvalue weighted by atomic mass is 9.88. The van der Waals surface area contributed by atoms with E-state index in [2.05, 4.69) is 0 Å². The monoisotopic (exact) mass is 462 g/mol. The van der Waals surface area contributed by atoms with Crippen molar-refractivity contribution in [3.8, 4) is 22.3 Å². The van der Waals surface area contributed by atoms with Crippen molar-refractivity contribution >= 4 is 10.2 Å². The van der Waals surface area contributed by atoms with Crippen LogP contribution >= 0.6 is 10.2 Å². The van der Waals surface area contributed by atoms with Gasteiger partial charge in [-0.2, -0.15) is 0 Å². The Balaban J connectivity index is 2.21. The van der Waals surface area contributed by atoms with Crippen LogP contribution in [0, 0.1) is 46.3 Å². The summed E-state index contributed by atoms with van der Waals surface area (Å²) < 4.78 is 93.4. The van der Waals surface area contributed by atoms with Crippen LogP contribution in [0.25, 0.3) is 22.3 Å². The fraction of sp³-hybridized carbons (Fsp3) is 0.217. The largest absolute Gasteiger partial charge is 0.315 e. The van der Waals surface area contributed by atoms with Gasteiger partial charge in [0.25, 0.3) is 0 Å². The first-order valence-electron chi connectivity index (χ1n) is 9.32. The quantitative estimate of drug-likeness (QED) is 0.340. The number of benzene rings is 3. The van der Waals surface area contributed by atoms with E-state index in [0.717, 1.165) is 27.8 Å². The van der Waals surface area contributed by atoms with Crippen molar-refractivity contribution in [3.63, 3.8) is 0 Å². The van der Waals surface area contributed by atoms with Crippen LogP contribution in [0.2, 0.25) is 0 Å². The molecule has 0 aliphatic rings. The molecule has 0 aliphatic carbocycles. The molecule has 0 atom stereocenters. The van der Waals surface area contributed by atoms with Crippen molar-refractivity contribution in [2.45, 2.75) is 39.5 Å². The Bertz CT molecular complexity index is 1160. The van der Waals surface area contributed by atoms with Crippen LogP contribution < -0.4 is 0 Å². The molecule has 0 N–H and O–H groups in total. The van der Waals surface area contributed by atoms with Gasteiger partial charge in [-0.15, -0.1) is 0 Å². The molecule has 8 heteroatoms. The number of halogens is 7. The Morgan fingerprint density at radius 2 is 0.839 bits per heavy atom. The normalized spacial score (nSPS) is 14.3. The van der Waals surface area contributed by atoms with Crippen molar-refractivity contribution < 1.29 is 28.2 Å². The van der Waals surface area contributed by atoms with Crippen LogP contribution in [0.15, 0.2) is 41.3 Å². The molecule has 0 radical (unpaired) electrons. The van der Waals surface area contributed by atoms with Gasteiger partial charge in [0.1, 0.15) is 11.6 Å². The van der Waals surface area contributed by atoms with Gasteiger partial charge in [-0.05, 0) is 91.3 Å². The molecule has 0 nitrogen and oxygen atoms in total. The highest BCUT2D eigenvalue weighted by Gasteiger charge is 2.68. The van der Waals surface area contributed by atoms with E-state index < -0.39 is 26.8 Å². The predicted octanol–water partition coefficient (Wildman–Crippen LogP) is 9.50. The molecule has 0 fully saturated rings. The number of aryl methyl sites for hydroxylation is 5. The van der Waals surface area contributed by atoms with Gasteiger partial charge in [0, 0.05) is 0 Å². The van der Waals surface area contributed by atoms with E-state index in [0.29, 0.717) is 23.3 Å². The average molecular weight is 462 g/mol. The molecule has 0 saturated heterocycles. The Morgan fingerprint density at radius 3 is 1.19 bits per heavy atom. The summed E-state index contributed by atoms with van der Waals surface area (Å²) in [5, 5.41) is 0. The highest BCUT2D eigenvalue weighted by molar-refractivity contribution is 8.45. The first-order chi connectivity index (χ1) is 13.9. The van der Waals surface area contributed by atoms with Gasteiger partial charge in [0.05, 0.1) is 0 Å². The van der Waals surface area contributed by atoms with Crippen LogP contribution in [0.1, 0.15) is 27.8 Å². The first-order valence-corrected chi connectivity index (χ1v) is 11.3. The highest BCUT2D eigenvalue weighted by atomic mass is 32.5. The SMILES string of the molecule is Cc1cc(C)c(-c2cc(C)c(-c3cc(F)c(S(F)(F)(F)(F)F)c(F)c3)c(C)c2)c(C)c1. The number of hydrogen-bond donors (Lipinski definition) is 0. The van der Waals surface area contributed by atoms with Gasteiger partial charge in [-0.3, -0.25) is 0 Å². The minimum absolute atomic E-state index is 0.237. The summed E-state index contributed by atoms with van der Waals surface area (Å²) in [5.74, 6) is -4.66. The van der Waals surface area contributed by atoms with E-state index in [1.807, 2.05) is 32.9 Å². The summed E-state index contributed by atoms with van der Waals surface area (Å²) in [6.45, 7) is 9.19. The maximum atomic E-state index is 14.1. The van der Waals surface area contributed by atoms with Crippen LogP contribution in [0.3, 0.4) is 0 Å². The van der Waals surface area contributed by atoms with Crippen LogP contribution in [0.4, 0.5) is 28.2 Å². The second-order valence-electron chi connectivity index (χ2n) is 8.00. The van der Waals surface area contributed by atoms with Crippen LogP contribution in [0.5, 0.6) is 0 Å². The Morgan fingerprint density at radius 1 is 0.516 bits per heavy atom. The lowest BCUT2D eigenvalue weighted by molar-refractivity contribution is 0.345. The summed E-state index contributed by atoms with van der Waals surface area (Å²) in [5.41, 5.74) is 6.13. The molecule has 0 bridgehead atoms. The number of rotatable bonds is 3. The molecule has 168 valence electrons. The average Bonchev–Trinajstić information content (AvgIpc) is 2.49. The van der Waals surface area contributed by atoms with E-state index in [4.69, 9.17) is 0 Å². The summed E-state index contributed by atoms with van der Waals surface area (Å²) in [7, 11) is -10.5. The molecule has 0 aliphatic heterocycles. The zero-order chi connectivity index (χ0) is 23.6. The fourth-order valence-electron chi connectivity index (χ4n) is 4.27. The molecular formula is C23H21F7S. The third-order valence-corrected chi connectivity index (χ3v) is 6.33. The molecule has 3 aromatic rings. The molecule has 0 spiro atoms. The minimum atomic E-state index is -10.5. The van der Waals surface area contributed by atoms with E-state index in [-0.39, 0.29) is 11.1 Å². The van der Waals surface area contributed by atoms with Crippen molar-refractivity contribution in [2.24, 2.45) is 0 Å². The molecule has 0 amide bonds. The van der Waals surface area contributed by atoms with Gasteiger partial charge >= 0.3 is 10.2 Å². The predicted molar refractivity (Wildman–Crippen MR) is 112 cm³/mol. The Kier molecular flexibility index (Phi) is 4.87. The Hall–Kier alpha value is -2.48. The van der Waals surface area contributed by atoms with Crippen LogP contribution in [-0.2, 0) is 0 Å². The summed E-state index contributed by atoms with van der Waals surface area (Å²) >= 11 is 0. The van der Waals surface area contributed by atoms with Gasteiger partial charge in [-0.1, -0.05) is 49.3 Å². The summed E-state index contributed by atoms with van der Waals surface area (Å²) in [6, 6.07) is 8.19. The second kappa shape index (κ2) is 6.51. The third-order valence-electron chi connectivity index (χ3n) is 5.17. The van der Waals surface area contributed by atoms with Gasteiger partial charge in [-0.25, -0.2) is 8.78 Å². The first kappa shape index (κ1) is 23.2. The zero-order valence-corrected chi connectivity index (χ0v) is 18.3. The van der Waals surface area contributed by atoms with Crippen molar-refractivity contribution in [2.75, 3.05) is 0 Å². The number of hydrogen-bond acceptors (Lipinski definition) is 0. The van der Waals surface area contributed by atoms with E-state index in [9.17, 15) is 28.2 Å². The molecule has 0 heterocycles. The molecular weight excluding hydrogens is 441 g/mol. The molecule has 3 rings (SSSR count). The Labute approximate surface area is 176 Å². The molecule has 0 saturated carbocycles. The second-order valence-corrected chi connectivity index (χ2v) is 10.3. The molecule has 3 aromatic carbocycles. The smallest absolute Gasteiger partial charge is 0.205 e. The molecule has 31 heavy (non-hydrogen) atoms. The van der Waals surface area contributed by atoms with E-state index in [1.165, 1.54) is 0 Å². The standard InChI is InChI=1S/C23H21F7S/c1-12-6-13(2)21(14(3)7-12)17-8-15(4)22(16(5)9-17)18-10-19(24)23(20(25)11-18)31(26,27,28,29)30/h6-11H,1-5H3. The van der Waals surface area contributed by atoms with Crippen molar-refractivity contribution in [1.29, 1.82) is 0 Å². The lowest BCUT2D eigenvalue weighted by Crippen LogP contribution is -2.11. The van der Waals surface area contributed by atoms with Crippen molar-refractivity contribution in [1.82, 2.24) is 0 Å². The summed E-state index contributed by atoms with van der Waals surface area (Å²) in [6.07, 6.45) is 0. The lowest BCUT2D eigenvalue weighted by Gasteiger charge is -2.40. The van der Waals surface area contributed by atoms with E-state index in [1.54, 1.807) is 26.0 Å². The zero-order valence-electron chi connectivity index (χ0n) is 17.5. The maximum Gasteiger partial charge on any atom is 0.315 e. The highest BCUT2D eigenvalue weighted by Crippen LogP contribution is 3.02. The summed E-state index contributed by atoms with van der Waals surface area (Å²) in [4.78, 5) is -3.11. The topological polar surface area (TPSA) is 0 Å².